The van der Waals surface area contributed by atoms with Crippen LogP contribution in [0.2, 0.25) is 0 Å². The molecule has 1 aromatic carbocycles. The third-order valence-corrected chi connectivity index (χ3v) is 4.34. The molecule has 2 aromatic heterocycles. The van der Waals surface area contributed by atoms with Gasteiger partial charge in [-0.3, -0.25) is 0 Å². The number of hydrogen-bond donors (Lipinski definition) is 0. The molecule has 0 aliphatic rings. The number of fused-ring (bicyclic) bond motifs is 1. The van der Waals surface area contributed by atoms with E-state index in [-0.39, 0.29) is 0 Å². The lowest BCUT2D eigenvalue weighted by Gasteiger charge is -2.04. The van der Waals surface area contributed by atoms with Crippen LogP contribution in [0.25, 0.3) is 21.6 Å². The van der Waals surface area contributed by atoms with Crippen molar-refractivity contribution in [3.05, 3.63) is 39.3 Å². The number of methoxy groups -OCH3 is 1. The van der Waals surface area contributed by atoms with Gasteiger partial charge < -0.3 is 4.74 Å². The molecule has 5 heteroatoms. The van der Waals surface area contributed by atoms with Gasteiger partial charge in [0.1, 0.15) is 4.83 Å². The van der Waals surface area contributed by atoms with Gasteiger partial charge in [0, 0.05) is 5.56 Å². The molecular weight excluding hydrogens is 359 g/mol. The molecule has 0 unspecified atom stereocenters. The Hall–Kier alpha value is -1.21. The summed E-state index contributed by atoms with van der Waals surface area (Å²) in [6.45, 7) is 0. The van der Waals surface area contributed by atoms with Crippen LogP contribution in [0.5, 0.6) is 5.88 Å². The second-order valence-corrected chi connectivity index (χ2v) is 6.62. The van der Waals surface area contributed by atoms with E-state index in [1.54, 1.807) is 18.4 Å². The lowest BCUT2D eigenvalue weighted by atomic mass is 10.2. The van der Waals surface area contributed by atoms with Crippen LogP contribution in [-0.2, 0) is 0 Å². The van der Waals surface area contributed by atoms with E-state index in [4.69, 9.17) is 4.74 Å². The summed E-state index contributed by atoms with van der Waals surface area (Å²) in [6, 6.07) is 12.0. The highest BCUT2D eigenvalue weighted by Crippen LogP contribution is 2.32. The quantitative estimate of drug-likeness (QED) is 0.642. The molecule has 3 aromatic rings. The van der Waals surface area contributed by atoms with Crippen molar-refractivity contribution in [2.45, 2.75) is 0 Å². The molecule has 0 saturated carbocycles. The molecule has 0 N–H and O–H groups in total. The zero-order chi connectivity index (χ0) is 12.5. The molecule has 0 saturated heterocycles. The summed E-state index contributed by atoms with van der Waals surface area (Å²) in [7, 11) is 1.64. The van der Waals surface area contributed by atoms with Crippen LogP contribution >= 0.6 is 33.9 Å². The normalized spacial score (nSPS) is 10.8. The fourth-order valence-electron chi connectivity index (χ4n) is 1.74. The van der Waals surface area contributed by atoms with Crippen LogP contribution in [0.15, 0.2) is 36.4 Å². The minimum Gasteiger partial charge on any atom is -0.480 e. The van der Waals surface area contributed by atoms with Gasteiger partial charge in [-0.2, -0.15) is 4.98 Å². The van der Waals surface area contributed by atoms with Gasteiger partial charge in [-0.15, -0.1) is 11.3 Å². The van der Waals surface area contributed by atoms with E-state index in [0.29, 0.717) is 11.7 Å². The van der Waals surface area contributed by atoms with Gasteiger partial charge in [0.15, 0.2) is 5.82 Å². The molecule has 0 aliphatic heterocycles. The smallest absolute Gasteiger partial charge is 0.225 e. The summed E-state index contributed by atoms with van der Waals surface area (Å²) in [6.07, 6.45) is 0. The molecule has 3 rings (SSSR count). The highest BCUT2D eigenvalue weighted by Gasteiger charge is 2.12. The Morgan fingerprint density at radius 1 is 1.17 bits per heavy atom. The second-order valence-electron chi connectivity index (χ2n) is 3.69. The molecule has 0 fully saturated rings. The minimum absolute atomic E-state index is 0.637. The summed E-state index contributed by atoms with van der Waals surface area (Å²) in [5, 5.41) is 0.978. The molecule has 0 radical (unpaired) electrons. The Balaban J connectivity index is 2.25. The lowest BCUT2D eigenvalue weighted by Crippen LogP contribution is -1.93. The Bertz CT molecular complexity index is 697. The lowest BCUT2D eigenvalue weighted by molar-refractivity contribution is 0.403. The van der Waals surface area contributed by atoms with E-state index in [1.165, 1.54) is 2.88 Å². The molecule has 0 bridgehead atoms. The van der Waals surface area contributed by atoms with Gasteiger partial charge in [0.2, 0.25) is 5.88 Å². The van der Waals surface area contributed by atoms with E-state index in [0.717, 1.165) is 15.8 Å². The summed E-state index contributed by atoms with van der Waals surface area (Å²) in [5.41, 5.74) is 1.00. The first-order valence-electron chi connectivity index (χ1n) is 5.34. The summed E-state index contributed by atoms with van der Waals surface area (Å²) < 4.78 is 6.54. The van der Waals surface area contributed by atoms with Gasteiger partial charge in [-0.1, -0.05) is 30.3 Å². The summed E-state index contributed by atoms with van der Waals surface area (Å²) >= 11 is 3.93. The number of aromatic nitrogens is 2. The van der Waals surface area contributed by atoms with Gasteiger partial charge in [-0.25, -0.2) is 4.98 Å². The van der Waals surface area contributed by atoms with Crippen LogP contribution in [0.3, 0.4) is 0 Å². The molecule has 2 heterocycles. The second kappa shape index (κ2) is 4.81. The average Bonchev–Trinajstić information content (AvgIpc) is 2.78. The van der Waals surface area contributed by atoms with Crippen LogP contribution < -0.4 is 4.74 Å². The van der Waals surface area contributed by atoms with Crippen LogP contribution in [0.1, 0.15) is 0 Å². The summed E-state index contributed by atoms with van der Waals surface area (Å²) in [4.78, 5) is 10.0. The molecule has 0 spiro atoms. The zero-order valence-corrected chi connectivity index (χ0v) is 12.5. The predicted octanol–water partition coefficient (Wildman–Crippen LogP) is 3.97. The van der Waals surface area contributed by atoms with E-state index in [9.17, 15) is 0 Å². The molecule has 0 atom stereocenters. The Kier molecular flexibility index (Phi) is 3.17. The van der Waals surface area contributed by atoms with Crippen molar-refractivity contribution in [3.63, 3.8) is 0 Å². The Morgan fingerprint density at radius 3 is 2.67 bits per heavy atom. The fourth-order valence-corrected chi connectivity index (χ4v) is 3.42. The van der Waals surface area contributed by atoms with Crippen molar-refractivity contribution in [1.29, 1.82) is 0 Å². The maximum atomic E-state index is 5.36. The van der Waals surface area contributed by atoms with Crippen LogP contribution in [0, 0.1) is 2.88 Å². The first-order valence-corrected chi connectivity index (χ1v) is 7.24. The molecule has 90 valence electrons. The monoisotopic (exact) mass is 368 g/mol. The number of benzene rings is 1. The Morgan fingerprint density at radius 2 is 1.94 bits per heavy atom. The van der Waals surface area contributed by atoms with Crippen LogP contribution in [-0.4, -0.2) is 17.1 Å². The van der Waals surface area contributed by atoms with Gasteiger partial charge in [0.25, 0.3) is 0 Å². The first-order chi connectivity index (χ1) is 8.78. The van der Waals surface area contributed by atoms with Crippen LogP contribution in [0.4, 0.5) is 0 Å². The number of nitrogens with zero attached hydrogens (tertiary/aromatic N) is 2. The summed E-state index contributed by atoms with van der Waals surface area (Å²) in [5.74, 6) is 1.34. The van der Waals surface area contributed by atoms with E-state index < -0.39 is 0 Å². The highest BCUT2D eigenvalue weighted by molar-refractivity contribution is 14.1. The Labute approximate surface area is 122 Å². The number of hydrogen-bond acceptors (Lipinski definition) is 4. The SMILES string of the molecule is COc1nc(-c2ccccc2)nc2sc(I)cc12. The predicted molar refractivity (Wildman–Crippen MR) is 82.1 cm³/mol. The van der Waals surface area contributed by atoms with Gasteiger partial charge in [-0.05, 0) is 28.7 Å². The molecule has 18 heavy (non-hydrogen) atoms. The largest absolute Gasteiger partial charge is 0.480 e. The maximum Gasteiger partial charge on any atom is 0.225 e. The minimum atomic E-state index is 0.637. The topological polar surface area (TPSA) is 35.0 Å². The molecular formula is C13H9IN2OS. The van der Waals surface area contributed by atoms with Crippen molar-refractivity contribution >= 4 is 44.1 Å². The first kappa shape index (κ1) is 11.9. The highest BCUT2D eigenvalue weighted by atomic mass is 127. The van der Waals surface area contributed by atoms with E-state index in [2.05, 4.69) is 32.6 Å². The van der Waals surface area contributed by atoms with Crippen molar-refractivity contribution in [2.75, 3.05) is 7.11 Å². The number of thiophene rings is 1. The fraction of sp³-hybridized carbons (Fsp3) is 0.0769. The van der Waals surface area contributed by atoms with Crippen molar-refractivity contribution < 1.29 is 4.74 Å². The maximum absolute atomic E-state index is 5.36. The van der Waals surface area contributed by atoms with E-state index >= 15 is 0 Å². The standard InChI is InChI=1S/C13H9IN2OS/c1-17-12-9-7-10(14)18-13(9)16-11(15-12)8-5-3-2-4-6-8/h2-7H,1H3. The average molecular weight is 368 g/mol. The number of halogens is 1. The number of ether oxygens (including phenoxy) is 1. The van der Waals surface area contributed by atoms with Crippen molar-refractivity contribution in [3.8, 4) is 17.3 Å². The van der Waals surface area contributed by atoms with Gasteiger partial charge in [0.05, 0.1) is 15.4 Å². The molecule has 0 amide bonds. The zero-order valence-electron chi connectivity index (χ0n) is 9.55. The number of rotatable bonds is 2. The van der Waals surface area contributed by atoms with E-state index in [1.807, 2.05) is 36.4 Å². The van der Waals surface area contributed by atoms with Crippen molar-refractivity contribution in [2.24, 2.45) is 0 Å². The van der Waals surface area contributed by atoms with Crippen molar-refractivity contribution in [1.82, 2.24) is 9.97 Å². The molecule has 0 aliphatic carbocycles. The van der Waals surface area contributed by atoms with Gasteiger partial charge >= 0.3 is 0 Å². The third-order valence-electron chi connectivity index (χ3n) is 2.55. The molecule has 3 nitrogen and oxygen atoms in total. The third kappa shape index (κ3) is 2.08.